The molecule has 0 bridgehead atoms. The van der Waals surface area contributed by atoms with Crippen LogP contribution >= 0.6 is 11.5 Å². The van der Waals surface area contributed by atoms with Crippen LogP contribution in [-0.4, -0.2) is 24.4 Å². The summed E-state index contributed by atoms with van der Waals surface area (Å²) in [5.41, 5.74) is 6.52. The molecule has 0 aliphatic carbocycles. The average Bonchev–Trinajstić information content (AvgIpc) is 2.15. The van der Waals surface area contributed by atoms with Crippen molar-refractivity contribution in [2.45, 2.75) is 0 Å². The Balaban J connectivity index is 3.06. The Hall–Kier alpha value is -1.20. The summed E-state index contributed by atoms with van der Waals surface area (Å²) < 4.78 is 4.50. The average molecular weight is 213 g/mol. The molecule has 1 rings (SSSR count). The van der Waals surface area contributed by atoms with Crippen LogP contribution in [0, 0.1) is 0 Å². The quantitative estimate of drug-likeness (QED) is 0.411. The maximum absolute atomic E-state index is 11.1. The SMILES string of the molecule is COC(=O)c1ccc(B(O)Cl)c(N)c1. The first-order valence-electron chi connectivity index (χ1n) is 3.86. The molecule has 0 heterocycles. The van der Waals surface area contributed by atoms with Gasteiger partial charge in [-0.1, -0.05) is 6.07 Å². The van der Waals surface area contributed by atoms with Gasteiger partial charge in [-0.05, 0) is 17.6 Å². The number of esters is 1. The minimum atomic E-state index is -1.17. The number of carbonyl (C=O) groups is 1. The van der Waals surface area contributed by atoms with Gasteiger partial charge < -0.3 is 15.5 Å². The number of carbonyl (C=O) groups excluding carboxylic acids is 1. The van der Waals surface area contributed by atoms with E-state index < -0.39 is 12.3 Å². The fourth-order valence-electron chi connectivity index (χ4n) is 1.04. The van der Waals surface area contributed by atoms with Crippen molar-refractivity contribution in [3.8, 4) is 0 Å². The van der Waals surface area contributed by atoms with Crippen molar-refractivity contribution in [1.29, 1.82) is 0 Å². The topological polar surface area (TPSA) is 72.5 Å². The van der Waals surface area contributed by atoms with E-state index in [9.17, 15) is 4.79 Å². The zero-order valence-corrected chi connectivity index (χ0v) is 8.28. The smallest absolute Gasteiger partial charge is 0.433 e. The van der Waals surface area contributed by atoms with Gasteiger partial charge in [-0.25, -0.2) is 4.79 Å². The molecule has 0 aliphatic heterocycles. The molecule has 6 heteroatoms. The fourth-order valence-corrected chi connectivity index (χ4v) is 1.24. The van der Waals surface area contributed by atoms with E-state index in [0.29, 0.717) is 11.0 Å². The summed E-state index contributed by atoms with van der Waals surface area (Å²) in [6.45, 7) is 0. The lowest BCUT2D eigenvalue weighted by Crippen LogP contribution is -2.27. The van der Waals surface area contributed by atoms with Crippen LogP contribution in [0.5, 0.6) is 0 Å². The van der Waals surface area contributed by atoms with Crippen molar-refractivity contribution >= 4 is 34.9 Å². The Morgan fingerprint density at radius 1 is 1.64 bits per heavy atom. The van der Waals surface area contributed by atoms with Gasteiger partial charge in [0.05, 0.1) is 12.7 Å². The summed E-state index contributed by atoms with van der Waals surface area (Å²) in [6, 6.07) is 4.38. The molecule has 0 saturated carbocycles. The second-order valence-electron chi connectivity index (χ2n) is 2.67. The van der Waals surface area contributed by atoms with Crippen LogP contribution in [0.3, 0.4) is 0 Å². The Labute approximate surface area is 86.6 Å². The Kier molecular flexibility index (Phi) is 3.38. The Morgan fingerprint density at radius 2 is 2.29 bits per heavy atom. The molecule has 0 atom stereocenters. The molecular formula is C8H9BClNO3. The van der Waals surface area contributed by atoms with E-state index in [1.807, 2.05) is 0 Å². The van der Waals surface area contributed by atoms with Gasteiger partial charge in [0.15, 0.2) is 0 Å². The normalized spacial score (nSPS) is 9.64. The molecular weight excluding hydrogens is 204 g/mol. The van der Waals surface area contributed by atoms with Gasteiger partial charge >= 0.3 is 12.3 Å². The lowest BCUT2D eigenvalue weighted by Gasteiger charge is -2.05. The van der Waals surface area contributed by atoms with E-state index in [1.165, 1.54) is 25.3 Å². The van der Waals surface area contributed by atoms with Crippen LogP contribution in [0.1, 0.15) is 10.4 Å². The van der Waals surface area contributed by atoms with Crippen molar-refractivity contribution < 1.29 is 14.6 Å². The molecule has 4 nitrogen and oxygen atoms in total. The fraction of sp³-hybridized carbons (Fsp3) is 0.125. The number of hydrogen-bond acceptors (Lipinski definition) is 4. The standard InChI is InChI=1S/C8H9BClNO3/c1-14-8(12)5-2-3-6(9(10)13)7(11)4-5/h2-4,13H,11H2,1H3. The first-order valence-corrected chi connectivity index (χ1v) is 4.29. The number of nitrogens with two attached hydrogens (primary N) is 1. The van der Waals surface area contributed by atoms with Crippen LogP contribution in [0.2, 0.25) is 0 Å². The number of ether oxygens (including phenoxy) is 1. The molecule has 1 aromatic carbocycles. The van der Waals surface area contributed by atoms with E-state index in [4.69, 9.17) is 22.2 Å². The minimum Gasteiger partial charge on any atom is -0.465 e. The lowest BCUT2D eigenvalue weighted by molar-refractivity contribution is 0.0601. The van der Waals surface area contributed by atoms with E-state index >= 15 is 0 Å². The summed E-state index contributed by atoms with van der Waals surface area (Å²) in [5.74, 6) is -0.479. The summed E-state index contributed by atoms with van der Waals surface area (Å²) in [7, 11) is 1.28. The number of methoxy groups -OCH3 is 1. The maximum Gasteiger partial charge on any atom is 0.433 e. The van der Waals surface area contributed by atoms with E-state index in [2.05, 4.69) is 4.74 Å². The van der Waals surface area contributed by atoms with E-state index in [0.717, 1.165) is 0 Å². The zero-order chi connectivity index (χ0) is 10.7. The second kappa shape index (κ2) is 4.35. The number of halogens is 1. The number of rotatable bonds is 2. The highest BCUT2D eigenvalue weighted by atomic mass is 35.5. The first kappa shape index (κ1) is 10.9. The van der Waals surface area contributed by atoms with Crippen molar-refractivity contribution in [3.63, 3.8) is 0 Å². The highest BCUT2D eigenvalue weighted by molar-refractivity contribution is 7.10. The third-order valence-electron chi connectivity index (χ3n) is 1.76. The largest absolute Gasteiger partial charge is 0.465 e. The minimum absolute atomic E-state index is 0.260. The van der Waals surface area contributed by atoms with Gasteiger partial charge in [-0.2, -0.15) is 0 Å². The molecule has 0 spiro atoms. The number of benzene rings is 1. The van der Waals surface area contributed by atoms with Crippen molar-refractivity contribution in [1.82, 2.24) is 0 Å². The third-order valence-corrected chi connectivity index (χ3v) is 2.00. The van der Waals surface area contributed by atoms with Crippen LogP contribution in [-0.2, 0) is 4.74 Å². The van der Waals surface area contributed by atoms with Crippen LogP contribution in [0.4, 0.5) is 5.69 Å². The van der Waals surface area contributed by atoms with Gasteiger partial charge in [0, 0.05) is 5.69 Å². The lowest BCUT2D eigenvalue weighted by atomic mass is 9.85. The monoisotopic (exact) mass is 213 g/mol. The molecule has 0 fully saturated rings. The predicted molar refractivity (Wildman–Crippen MR) is 55.7 cm³/mol. The molecule has 3 N–H and O–H groups in total. The van der Waals surface area contributed by atoms with E-state index in [-0.39, 0.29) is 5.69 Å². The molecule has 74 valence electrons. The molecule has 14 heavy (non-hydrogen) atoms. The van der Waals surface area contributed by atoms with Crippen LogP contribution < -0.4 is 11.2 Å². The Bertz CT molecular complexity index is 356. The Morgan fingerprint density at radius 3 is 2.71 bits per heavy atom. The second-order valence-corrected chi connectivity index (χ2v) is 3.08. The first-order chi connectivity index (χ1) is 6.56. The molecule has 0 aromatic heterocycles. The van der Waals surface area contributed by atoms with Gasteiger partial charge in [0.1, 0.15) is 0 Å². The van der Waals surface area contributed by atoms with Crippen LogP contribution in [0.25, 0.3) is 0 Å². The summed E-state index contributed by atoms with van der Waals surface area (Å²) in [4.78, 5) is 11.1. The molecule has 0 radical (unpaired) electrons. The molecule has 0 aliphatic rings. The van der Waals surface area contributed by atoms with Gasteiger partial charge in [-0.3, -0.25) is 0 Å². The highest BCUT2D eigenvalue weighted by Crippen LogP contribution is 2.07. The van der Waals surface area contributed by atoms with Gasteiger partial charge in [0.25, 0.3) is 0 Å². The van der Waals surface area contributed by atoms with Gasteiger partial charge in [-0.15, -0.1) is 11.5 Å². The number of anilines is 1. The number of nitrogen functional groups attached to an aromatic ring is 1. The summed E-state index contributed by atoms with van der Waals surface area (Å²) in [5, 5.41) is 9.06. The molecule has 0 amide bonds. The maximum atomic E-state index is 11.1. The summed E-state index contributed by atoms with van der Waals surface area (Å²) in [6.07, 6.45) is -1.17. The van der Waals surface area contributed by atoms with E-state index in [1.54, 1.807) is 0 Å². The highest BCUT2D eigenvalue weighted by Gasteiger charge is 2.15. The predicted octanol–water partition coefficient (Wildman–Crippen LogP) is -0.0183. The van der Waals surface area contributed by atoms with Gasteiger partial charge in [0.2, 0.25) is 0 Å². The van der Waals surface area contributed by atoms with Crippen molar-refractivity contribution in [2.24, 2.45) is 0 Å². The summed E-state index contributed by atoms with van der Waals surface area (Å²) >= 11 is 5.43. The number of hydrogen-bond donors (Lipinski definition) is 2. The zero-order valence-electron chi connectivity index (χ0n) is 7.53. The van der Waals surface area contributed by atoms with Crippen molar-refractivity contribution in [2.75, 3.05) is 12.8 Å². The van der Waals surface area contributed by atoms with Crippen molar-refractivity contribution in [3.05, 3.63) is 23.8 Å². The third kappa shape index (κ3) is 2.18. The molecule has 0 unspecified atom stereocenters. The molecule has 0 saturated heterocycles. The molecule has 1 aromatic rings. The van der Waals surface area contributed by atoms with Crippen LogP contribution in [0.15, 0.2) is 18.2 Å².